The monoisotopic (exact) mass is 370 g/mol. The molecule has 2 aromatic rings. The van der Waals surface area contributed by atoms with Crippen LogP contribution >= 0.6 is 11.3 Å². The SMILES string of the molecule is COCCC[C@H]1CCCCN1S(=O)(=O)c1cc(-c2ccno2)cs1. The fourth-order valence-electron chi connectivity index (χ4n) is 3.10. The Labute approximate surface area is 146 Å². The van der Waals surface area contributed by atoms with Crippen molar-refractivity contribution in [3.05, 3.63) is 23.7 Å². The third-order valence-electron chi connectivity index (χ3n) is 4.32. The van der Waals surface area contributed by atoms with Gasteiger partial charge in [-0.05, 0) is 31.7 Å². The van der Waals surface area contributed by atoms with Gasteiger partial charge in [0.25, 0.3) is 10.0 Å². The largest absolute Gasteiger partial charge is 0.385 e. The predicted molar refractivity (Wildman–Crippen MR) is 92.5 cm³/mol. The van der Waals surface area contributed by atoms with Gasteiger partial charge >= 0.3 is 0 Å². The molecule has 0 N–H and O–H groups in total. The molecule has 3 heterocycles. The van der Waals surface area contributed by atoms with Crippen molar-refractivity contribution in [2.45, 2.75) is 42.4 Å². The molecule has 1 aliphatic heterocycles. The molecule has 6 nitrogen and oxygen atoms in total. The van der Waals surface area contributed by atoms with Crippen molar-refractivity contribution in [1.82, 2.24) is 9.46 Å². The fourth-order valence-corrected chi connectivity index (χ4v) is 6.12. The van der Waals surface area contributed by atoms with E-state index in [9.17, 15) is 8.42 Å². The van der Waals surface area contributed by atoms with Crippen LogP contribution in [0.25, 0.3) is 11.3 Å². The molecule has 0 saturated carbocycles. The third kappa shape index (κ3) is 3.72. The highest BCUT2D eigenvalue weighted by molar-refractivity contribution is 7.91. The lowest BCUT2D eigenvalue weighted by Gasteiger charge is -2.34. The van der Waals surface area contributed by atoms with E-state index in [4.69, 9.17) is 9.26 Å². The van der Waals surface area contributed by atoms with E-state index in [1.54, 1.807) is 35.1 Å². The highest BCUT2D eigenvalue weighted by Crippen LogP contribution is 2.33. The van der Waals surface area contributed by atoms with E-state index in [-0.39, 0.29) is 6.04 Å². The van der Waals surface area contributed by atoms with E-state index in [1.165, 1.54) is 11.3 Å². The Kier molecular flexibility index (Phi) is 5.70. The maximum absolute atomic E-state index is 13.1. The molecule has 2 aromatic heterocycles. The highest BCUT2D eigenvalue weighted by atomic mass is 32.2. The van der Waals surface area contributed by atoms with E-state index < -0.39 is 10.0 Å². The van der Waals surface area contributed by atoms with Gasteiger partial charge in [0.05, 0.1) is 6.20 Å². The van der Waals surface area contributed by atoms with Crippen LogP contribution in [0.2, 0.25) is 0 Å². The first kappa shape index (κ1) is 17.6. The standard InChI is InChI=1S/C16H22N2O4S2/c1-21-10-4-6-14-5-2-3-9-18(14)24(19,20)16-11-13(12-23-16)15-7-8-17-22-15/h7-8,11-12,14H,2-6,9-10H2,1H3/t14-/m1/s1. The quantitative estimate of drug-likeness (QED) is 0.699. The van der Waals surface area contributed by atoms with E-state index in [0.29, 0.717) is 23.1 Å². The van der Waals surface area contributed by atoms with Crippen molar-refractivity contribution in [2.24, 2.45) is 0 Å². The van der Waals surface area contributed by atoms with Crippen LogP contribution in [-0.4, -0.2) is 44.2 Å². The Morgan fingerprint density at radius 1 is 1.46 bits per heavy atom. The summed E-state index contributed by atoms with van der Waals surface area (Å²) in [5.41, 5.74) is 0.754. The fraction of sp³-hybridized carbons (Fsp3) is 0.562. The van der Waals surface area contributed by atoms with Crippen molar-refractivity contribution in [1.29, 1.82) is 0 Å². The molecule has 0 unspecified atom stereocenters. The van der Waals surface area contributed by atoms with Gasteiger partial charge in [-0.3, -0.25) is 0 Å². The van der Waals surface area contributed by atoms with E-state index >= 15 is 0 Å². The van der Waals surface area contributed by atoms with Crippen LogP contribution in [0.1, 0.15) is 32.1 Å². The molecule has 132 valence electrons. The maximum atomic E-state index is 13.1. The van der Waals surface area contributed by atoms with Gasteiger partial charge < -0.3 is 9.26 Å². The second-order valence-corrected chi connectivity index (χ2v) is 8.96. The summed E-state index contributed by atoms with van der Waals surface area (Å²) in [4.78, 5) is 0. The number of hydrogen-bond acceptors (Lipinski definition) is 6. The predicted octanol–water partition coefficient (Wildman–Crippen LogP) is 3.37. The molecule has 0 aromatic carbocycles. The lowest BCUT2D eigenvalue weighted by molar-refractivity contribution is 0.172. The third-order valence-corrected chi connectivity index (χ3v) is 7.69. The number of sulfonamides is 1. The summed E-state index contributed by atoms with van der Waals surface area (Å²) in [5, 5.41) is 5.47. The Morgan fingerprint density at radius 3 is 3.08 bits per heavy atom. The first-order valence-corrected chi connectivity index (χ1v) is 10.5. The van der Waals surface area contributed by atoms with Gasteiger partial charge in [0, 0.05) is 43.3 Å². The average molecular weight is 370 g/mol. The van der Waals surface area contributed by atoms with Crippen molar-refractivity contribution >= 4 is 21.4 Å². The minimum Gasteiger partial charge on any atom is -0.385 e. The van der Waals surface area contributed by atoms with Crippen LogP contribution < -0.4 is 0 Å². The zero-order valence-corrected chi connectivity index (χ0v) is 15.3. The Balaban J connectivity index is 1.80. The number of ether oxygens (including phenoxy) is 1. The van der Waals surface area contributed by atoms with Gasteiger partial charge in [-0.15, -0.1) is 11.3 Å². The van der Waals surface area contributed by atoms with Crippen molar-refractivity contribution < 1.29 is 17.7 Å². The number of hydrogen-bond donors (Lipinski definition) is 0. The summed E-state index contributed by atoms with van der Waals surface area (Å²) in [6, 6.07) is 3.48. The topological polar surface area (TPSA) is 72.6 Å². The number of aromatic nitrogens is 1. The van der Waals surface area contributed by atoms with Crippen molar-refractivity contribution in [2.75, 3.05) is 20.3 Å². The Hall–Kier alpha value is -1.22. The molecule has 0 radical (unpaired) electrons. The number of thiophene rings is 1. The summed E-state index contributed by atoms with van der Waals surface area (Å²) in [6.45, 7) is 1.26. The molecule has 3 rings (SSSR count). The van der Waals surface area contributed by atoms with E-state index in [2.05, 4.69) is 5.16 Å². The summed E-state index contributed by atoms with van der Waals surface area (Å²) >= 11 is 1.24. The molecule has 1 atom stereocenters. The molecule has 1 saturated heterocycles. The molecule has 0 spiro atoms. The molecule has 0 bridgehead atoms. The van der Waals surface area contributed by atoms with Crippen LogP contribution in [0, 0.1) is 0 Å². The van der Waals surface area contributed by atoms with Crippen LogP contribution in [0.15, 0.2) is 32.4 Å². The van der Waals surface area contributed by atoms with E-state index in [0.717, 1.165) is 37.7 Å². The summed E-state index contributed by atoms with van der Waals surface area (Å²) in [6.07, 6.45) is 6.19. The second-order valence-electron chi connectivity index (χ2n) is 5.93. The first-order valence-electron chi connectivity index (χ1n) is 8.13. The maximum Gasteiger partial charge on any atom is 0.252 e. The molecule has 0 amide bonds. The molecular formula is C16H22N2O4S2. The number of piperidine rings is 1. The minimum atomic E-state index is -3.47. The van der Waals surface area contributed by atoms with Gasteiger partial charge in [-0.25, -0.2) is 8.42 Å². The first-order chi connectivity index (χ1) is 11.6. The number of rotatable bonds is 7. The zero-order valence-electron chi connectivity index (χ0n) is 13.7. The van der Waals surface area contributed by atoms with Crippen LogP contribution in [0.3, 0.4) is 0 Å². The molecule has 1 fully saturated rings. The second kappa shape index (κ2) is 7.77. The van der Waals surface area contributed by atoms with Gasteiger partial charge in [-0.1, -0.05) is 11.6 Å². The normalized spacial score (nSPS) is 19.6. The summed E-state index contributed by atoms with van der Waals surface area (Å²) < 4.78 is 38.4. The lowest BCUT2D eigenvalue weighted by Crippen LogP contribution is -2.43. The number of nitrogens with zero attached hydrogens (tertiary/aromatic N) is 2. The molecule has 8 heteroatoms. The highest BCUT2D eigenvalue weighted by Gasteiger charge is 2.34. The Morgan fingerprint density at radius 2 is 2.33 bits per heavy atom. The van der Waals surface area contributed by atoms with Crippen LogP contribution in [0.5, 0.6) is 0 Å². The lowest BCUT2D eigenvalue weighted by atomic mass is 10.0. The van der Waals surface area contributed by atoms with Gasteiger partial charge in [-0.2, -0.15) is 4.31 Å². The van der Waals surface area contributed by atoms with Gasteiger partial charge in [0.15, 0.2) is 5.76 Å². The van der Waals surface area contributed by atoms with Crippen molar-refractivity contribution in [3.8, 4) is 11.3 Å². The van der Waals surface area contributed by atoms with Gasteiger partial charge in [0.1, 0.15) is 4.21 Å². The Bertz CT molecular complexity index is 740. The zero-order chi connectivity index (χ0) is 17.0. The van der Waals surface area contributed by atoms with Gasteiger partial charge in [0.2, 0.25) is 0 Å². The minimum absolute atomic E-state index is 0.0646. The summed E-state index contributed by atoms with van der Waals surface area (Å²) in [5.74, 6) is 0.586. The molecule has 0 aliphatic carbocycles. The van der Waals surface area contributed by atoms with Crippen LogP contribution in [0.4, 0.5) is 0 Å². The van der Waals surface area contributed by atoms with Crippen molar-refractivity contribution in [3.63, 3.8) is 0 Å². The molecular weight excluding hydrogens is 348 g/mol. The average Bonchev–Trinajstić information content (AvgIpc) is 3.27. The van der Waals surface area contributed by atoms with Crippen LogP contribution in [-0.2, 0) is 14.8 Å². The molecule has 1 aliphatic rings. The summed E-state index contributed by atoms with van der Waals surface area (Å²) in [7, 11) is -1.80. The smallest absolute Gasteiger partial charge is 0.252 e. The number of methoxy groups -OCH3 is 1. The molecule has 24 heavy (non-hydrogen) atoms. The van der Waals surface area contributed by atoms with E-state index in [1.807, 2.05) is 0 Å².